The third kappa shape index (κ3) is 3.89. The number of aromatic nitrogens is 1. The minimum atomic E-state index is -1.10. The van der Waals surface area contributed by atoms with Gasteiger partial charge in [-0.25, -0.2) is 9.78 Å². The zero-order valence-electron chi connectivity index (χ0n) is 11.7. The molecule has 19 heavy (non-hydrogen) atoms. The van der Waals surface area contributed by atoms with E-state index in [9.17, 15) is 9.59 Å². The summed E-state index contributed by atoms with van der Waals surface area (Å²) < 4.78 is 0. The number of rotatable bonds is 3. The van der Waals surface area contributed by atoms with E-state index in [0.717, 1.165) is 5.69 Å². The number of carboxylic acid groups (broad SMARTS) is 1. The van der Waals surface area contributed by atoms with Gasteiger partial charge in [0.2, 0.25) is 0 Å². The largest absolute Gasteiger partial charge is 0.478 e. The van der Waals surface area contributed by atoms with E-state index in [0.29, 0.717) is 5.13 Å². The molecule has 0 fully saturated rings. The smallest absolute Gasteiger partial charge is 0.331 e. The molecule has 0 bridgehead atoms. The molecular weight excluding hydrogens is 264 g/mol. The fraction of sp³-hybridized carbons (Fsp3) is 0.462. The average molecular weight is 282 g/mol. The quantitative estimate of drug-likeness (QED) is 0.835. The molecule has 0 saturated heterocycles. The Morgan fingerprint density at radius 2 is 1.84 bits per heavy atom. The van der Waals surface area contributed by atoms with Crippen molar-refractivity contribution >= 4 is 28.3 Å². The third-order valence-corrected chi connectivity index (χ3v) is 3.47. The van der Waals surface area contributed by atoms with Crippen molar-refractivity contribution in [3.8, 4) is 0 Å². The van der Waals surface area contributed by atoms with Crippen LogP contribution in [0.5, 0.6) is 0 Å². The molecule has 0 unspecified atom stereocenters. The monoisotopic (exact) mass is 282 g/mol. The number of anilines is 1. The Balaban J connectivity index is 2.87. The maximum atomic E-state index is 11.9. The Bertz CT molecular complexity index is 538. The van der Waals surface area contributed by atoms with E-state index in [1.807, 2.05) is 26.2 Å². The minimum Gasteiger partial charge on any atom is -0.478 e. The van der Waals surface area contributed by atoms with E-state index in [4.69, 9.17) is 5.11 Å². The second kappa shape index (κ2) is 5.52. The topological polar surface area (TPSA) is 79.3 Å². The highest BCUT2D eigenvalue weighted by Gasteiger charge is 2.19. The second-order valence-corrected chi connectivity index (χ2v) is 6.16. The average Bonchev–Trinajstić information content (AvgIpc) is 2.74. The number of aliphatic carboxylic acids is 1. The first-order valence-corrected chi connectivity index (χ1v) is 6.69. The summed E-state index contributed by atoms with van der Waals surface area (Å²) in [5.41, 5.74) is 1.02. The van der Waals surface area contributed by atoms with E-state index < -0.39 is 11.9 Å². The molecule has 1 aromatic rings. The zero-order valence-corrected chi connectivity index (χ0v) is 12.5. The van der Waals surface area contributed by atoms with Crippen molar-refractivity contribution in [3.05, 3.63) is 22.2 Å². The molecule has 0 spiro atoms. The van der Waals surface area contributed by atoms with Crippen LogP contribution in [0.25, 0.3) is 0 Å². The van der Waals surface area contributed by atoms with Gasteiger partial charge in [-0.1, -0.05) is 20.8 Å². The van der Waals surface area contributed by atoms with Crippen LogP contribution < -0.4 is 5.32 Å². The molecule has 1 aromatic heterocycles. The predicted octanol–water partition coefficient (Wildman–Crippen LogP) is 2.80. The van der Waals surface area contributed by atoms with Gasteiger partial charge < -0.3 is 5.11 Å². The maximum absolute atomic E-state index is 11.9. The van der Waals surface area contributed by atoms with Gasteiger partial charge in [0.25, 0.3) is 5.91 Å². The molecule has 0 atom stereocenters. The van der Waals surface area contributed by atoms with Gasteiger partial charge in [-0.15, -0.1) is 11.3 Å². The van der Waals surface area contributed by atoms with Gasteiger partial charge in [0, 0.05) is 21.9 Å². The van der Waals surface area contributed by atoms with Gasteiger partial charge in [0.1, 0.15) is 0 Å². The molecule has 6 heteroatoms. The van der Waals surface area contributed by atoms with Crippen molar-refractivity contribution in [2.45, 2.75) is 40.0 Å². The summed E-state index contributed by atoms with van der Waals surface area (Å²) in [4.78, 5) is 27.0. The number of carboxylic acids is 1. The van der Waals surface area contributed by atoms with Crippen LogP contribution >= 0.6 is 11.3 Å². The third-order valence-electron chi connectivity index (χ3n) is 2.72. The fourth-order valence-corrected chi connectivity index (χ4v) is 2.13. The van der Waals surface area contributed by atoms with Crippen molar-refractivity contribution in [1.82, 2.24) is 4.98 Å². The van der Waals surface area contributed by atoms with Crippen molar-refractivity contribution in [2.75, 3.05) is 5.32 Å². The number of nitrogens with one attached hydrogen (secondary N) is 1. The van der Waals surface area contributed by atoms with Crippen LogP contribution in [-0.4, -0.2) is 22.0 Å². The Morgan fingerprint density at radius 1 is 1.26 bits per heavy atom. The molecule has 0 saturated carbocycles. The van der Waals surface area contributed by atoms with Gasteiger partial charge in [-0.3, -0.25) is 10.1 Å². The van der Waals surface area contributed by atoms with E-state index in [1.165, 1.54) is 25.2 Å². The number of carbonyl (C=O) groups excluding carboxylic acids is 1. The van der Waals surface area contributed by atoms with Crippen molar-refractivity contribution in [3.63, 3.8) is 0 Å². The number of thiazole rings is 1. The molecule has 0 radical (unpaired) electrons. The molecule has 0 aromatic carbocycles. The van der Waals surface area contributed by atoms with Gasteiger partial charge in [-0.05, 0) is 13.8 Å². The van der Waals surface area contributed by atoms with Gasteiger partial charge in [-0.2, -0.15) is 0 Å². The molecule has 5 nitrogen and oxygen atoms in total. The Hall–Kier alpha value is -1.69. The Labute approximate surface area is 116 Å². The highest BCUT2D eigenvalue weighted by molar-refractivity contribution is 7.14. The highest BCUT2D eigenvalue weighted by atomic mass is 32.1. The summed E-state index contributed by atoms with van der Waals surface area (Å²) in [6.07, 6.45) is 0. The number of carbonyl (C=O) groups is 2. The van der Waals surface area contributed by atoms with Crippen LogP contribution in [0.2, 0.25) is 0 Å². The molecule has 104 valence electrons. The van der Waals surface area contributed by atoms with Crippen LogP contribution in [0.15, 0.2) is 16.5 Å². The maximum Gasteiger partial charge on any atom is 0.331 e. The van der Waals surface area contributed by atoms with Crippen LogP contribution in [-0.2, 0) is 15.0 Å². The minimum absolute atomic E-state index is 0.0325. The van der Waals surface area contributed by atoms with Gasteiger partial charge in [0.15, 0.2) is 5.13 Å². The normalized spacial score (nSPS) is 12.9. The molecule has 0 aliphatic carbocycles. The van der Waals surface area contributed by atoms with Crippen molar-refractivity contribution in [2.24, 2.45) is 0 Å². The molecule has 1 rings (SSSR count). The van der Waals surface area contributed by atoms with Crippen molar-refractivity contribution < 1.29 is 14.7 Å². The first-order chi connectivity index (χ1) is 8.62. The SMILES string of the molecule is CC(C(=O)O)=C(C)C(=O)Nc1nc(C(C)(C)C)cs1. The predicted molar refractivity (Wildman–Crippen MR) is 75.5 cm³/mol. The van der Waals surface area contributed by atoms with E-state index in [-0.39, 0.29) is 16.6 Å². The molecular formula is C13H18N2O3S. The zero-order chi connectivity index (χ0) is 14.8. The standard InChI is InChI=1S/C13H18N2O3S/c1-7(8(2)11(17)18)10(16)15-12-14-9(6-19-12)13(3,4)5/h6H,1-5H3,(H,17,18)(H,14,15,16). The second-order valence-electron chi connectivity index (χ2n) is 5.30. The Morgan fingerprint density at radius 3 is 2.26 bits per heavy atom. The Kier molecular flexibility index (Phi) is 4.47. The van der Waals surface area contributed by atoms with Crippen LogP contribution in [0.1, 0.15) is 40.3 Å². The highest BCUT2D eigenvalue weighted by Crippen LogP contribution is 2.26. The van der Waals surface area contributed by atoms with Crippen LogP contribution in [0, 0.1) is 0 Å². The lowest BCUT2D eigenvalue weighted by Crippen LogP contribution is -2.17. The lowest BCUT2D eigenvalue weighted by atomic mass is 9.93. The van der Waals surface area contributed by atoms with Crippen LogP contribution in [0.4, 0.5) is 5.13 Å². The number of amides is 1. The van der Waals surface area contributed by atoms with Gasteiger partial charge >= 0.3 is 5.97 Å². The van der Waals surface area contributed by atoms with E-state index >= 15 is 0 Å². The lowest BCUT2D eigenvalue weighted by molar-refractivity contribution is -0.133. The molecule has 1 heterocycles. The summed E-state index contributed by atoms with van der Waals surface area (Å²) in [5.74, 6) is -1.53. The van der Waals surface area contributed by atoms with Gasteiger partial charge in [0.05, 0.1) is 5.69 Å². The number of hydrogen-bond donors (Lipinski definition) is 2. The lowest BCUT2D eigenvalue weighted by Gasteiger charge is -2.14. The van der Waals surface area contributed by atoms with Crippen LogP contribution in [0.3, 0.4) is 0 Å². The summed E-state index contributed by atoms with van der Waals surface area (Å²) in [6, 6.07) is 0. The molecule has 0 aliphatic rings. The van der Waals surface area contributed by atoms with E-state index in [2.05, 4.69) is 10.3 Å². The first kappa shape index (κ1) is 15.4. The summed E-state index contributed by atoms with van der Waals surface area (Å²) in [5, 5.41) is 13.8. The summed E-state index contributed by atoms with van der Waals surface area (Å²) >= 11 is 1.33. The summed E-state index contributed by atoms with van der Waals surface area (Å²) in [6.45, 7) is 8.99. The first-order valence-electron chi connectivity index (χ1n) is 5.81. The van der Waals surface area contributed by atoms with Crippen molar-refractivity contribution in [1.29, 1.82) is 0 Å². The molecule has 2 N–H and O–H groups in total. The molecule has 0 aliphatic heterocycles. The molecule has 1 amide bonds. The number of nitrogens with zero attached hydrogens (tertiary/aromatic N) is 1. The fourth-order valence-electron chi connectivity index (χ4n) is 1.20. The number of hydrogen-bond acceptors (Lipinski definition) is 4. The summed E-state index contributed by atoms with van der Waals surface area (Å²) in [7, 11) is 0. The van der Waals surface area contributed by atoms with E-state index in [1.54, 1.807) is 0 Å².